The Morgan fingerprint density at radius 2 is 2.06 bits per heavy atom. The van der Waals surface area contributed by atoms with E-state index in [2.05, 4.69) is 25.2 Å². The highest BCUT2D eigenvalue weighted by atomic mass is 16.1. The molecule has 0 saturated heterocycles. The molecule has 0 aliphatic rings. The van der Waals surface area contributed by atoms with E-state index in [9.17, 15) is 4.79 Å². The second-order valence-electron chi connectivity index (χ2n) is 4.51. The van der Waals surface area contributed by atoms with Crippen LogP contribution in [0.3, 0.4) is 0 Å². The Morgan fingerprint density at radius 1 is 1.38 bits per heavy atom. The minimum absolute atomic E-state index is 0.231. The first-order valence-electron chi connectivity index (χ1n) is 5.84. The molecule has 1 N–H and O–H groups in total. The molecule has 0 saturated carbocycles. The summed E-state index contributed by atoms with van der Waals surface area (Å²) in [5, 5.41) is 3.00. The lowest BCUT2D eigenvalue weighted by atomic mass is 9.95. The topological polar surface area (TPSA) is 29.1 Å². The number of carbonyl (C=O) groups excluding carboxylic acids is 1. The molecule has 88 valence electrons. The molecule has 0 aliphatic heterocycles. The fourth-order valence-electron chi connectivity index (χ4n) is 1.67. The lowest BCUT2D eigenvalue weighted by Gasteiger charge is -2.10. The molecule has 2 nitrogen and oxygen atoms in total. The quantitative estimate of drug-likeness (QED) is 0.771. The number of benzene rings is 1. The first-order valence-corrected chi connectivity index (χ1v) is 5.84. The highest BCUT2D eigenvalue weighted by Crippen LogP contribution is 2.19. The number of ketones is 1. The fraction of sp³-hybridized carbons (Fsp3) is 0.500. The van der Waals surface area contributed by atoms with Crippen molar-refractivity contribution in [1.29, 1.82) is 0 Å². The molecule has 0 amide bonds. The van der Waals surface area contributed by atoms with E-state index in [1.807, 2.05) is 26.1 Å². The van der Waals surface area contributed by atoms with Crippen LogP contribution in [-0.4, -0.2) is 19.4 Å². The maximum absolute atomic E-state index is 12.0. The van der Waals surface area contributed by atoms with Crippen LogP contribution < -0.4 is 5.32 Å². The number of carbonyl (C=O) groups is 1. The molecule has 0 aromatic heterocycles. The third-order valence-corrected chi connectivity index (χ3v) is 2.83. The van der Waals surface area contributed by atoms with Gasteiger partial charge in [0.05, 0.1) is 0 Å². The van der Waals surface area contributed by atoms with E-state index >= 15 is 0 Å². The average Bonchev–Trinajstić information content (AvgIpc) is 2.26. The Kier molecular flexibility index (Phi) is 4.69. The number of Topliss-reactive ketones (excluding diaryl/α,β-unsaturated/α-hetero) is 1. The van der Waals surface area contributed by atoms with Gasteiger partial charge in [-0.25, -0.2) is 0 Å². The molecule has 0 aliphatic carbocycles. The summed E-state index contributed by atoms with van der Waals surface area (Å²) in [6.45, 7) is 7.03. The first kappa shape index (κ1) is 12.9. The van der Waals surface area contributed by atoms with E-state index in [1.165, 1.54) is 5.56 Å². The van der Waals surface area contributed by atoms with Crippen molar-refractivity contribution < 1.29 is 4.79 Å². The van der Waals surface area contributed by atoms with Crippen LogP contribution in [-0.2, 0) is 0 Å². The van der Waals surface area contributed by atoms with Crippen molar-refractivity contribution in [3.8, 4) is 0 Å². The highest BCUT2D eigenvalue weighted by Gasteiger charge is 2.10. The Hall–Kier alpha value is -1.15. The standard InChI is InChI=1S/C14H21NO/c1-10(2)12-6-5-11(3)13(9-12)14(16)7-8-15-4/h5-6,9-10,15H,7-8H2,1-4H3. The average molecular weight is 219 g/mol. The molecule has 1 aromatic carbocycles. The molecule has 1 aromatic rings. The Bertz CT molecular complexity index is 369. The van der Waals surface area contributed by atoms with Crippen molar-refractivity contribution in [3.63, 3.8) is 0 Å². The Morgan fingerprint density at radius 3 is 2.62 bits per heavy atom. The smallest absolute Gasteiger partial charge is 0.164 e. The Balaban J connectivity index is 2.93. The summed E-state index contributed by atoms with van der Waals surface area (Å²) < 4.78 is 0. The minimum atomic E-state index is 0.231. The van der Waals surface area contributed by atoms with Gasteiger partial charge >= 0.3 is 0 Å². The van der Waals surface area contributed by atoms with Crippen LogP contribution >= 0.6 is 0 Å². The number of nitrogens with one attached hydrogen (secondary N) is 1. The van der Waals surface area contributed by atoms with Gasteiger partial charge in [-0.3, -0.25) is 4.79 Å². The summed E-state index contributed by atoms with van der Waals surface area (Å²) in [5.74, 6) is 0.700. The van der Waals surface area contributed by atoms with Crippen LogP contribution in [0.2, 0.25) is 0 Å². The normalized spacial score (nSPS) is 10.8. The number of hydrogen-bond acceptors (Lipinski definition) is 2. The van der Waals surface area contributed by atoms with Crippen LogP contribution in [0.4, 0.5) is 0 Å². The molecule has 0 spiro atoms. The van der Waals surface area contributed by atoms with Gasteiger partial charge < -0.3 is 5.32 Å². The van der Waals surface area contributed by atoms with Crippen LogP contribution in [0.5, 0.6) is 0 Å². The van der Waals surface area contributed by atoms with Crippen molar-refractivity contribution in [2.75, 3.05) is 13.6 Å². The van der Waals surface area contributed by atoms with Crippen molar-refractivity contribution in [2.24, 2.45) is 0 Å². The molecule has 1 rings (SSSR count). The minimum Gasteiger partial charge on any atom is -0.319 e. The molecule has 2 heteroatoms. The molecule has 0 radical (unpaired) electrons. The second kappa shape index (κ2) is 5.80. The summed E-state index contributed by atoms with van der Waals surface area (Å²) in [6.07, 6.45) is 0.568. The van der Waals surface area contributed by atoms with Gasteiger partial charge in [0.1, 0.15) is 0 Å². The van der Waals surface area contributed by atoms with Gasteiger partial charge in [-0.15, -0.1) is 0 Å². The molecule has 0 bridgehead atoms. The third kappa shape index (κ3) is 3.17. The Labute approximate surface area is 98.1 Å². The van der Waals surface area contributed by atoms with Crippen LogP contribution in [0.15, 0.2) is 18.2 Å². The van der Waals surface area contributed by atoms with Crippen molar-refractivity contribution >= 4 is 5.78 Å². The lowest BCUT2D eigenvalue weighted by Crippen LogP contribution is -2.14. The molecule has 0 fully saturated rings. The zero-order valence-corrected chi connectivity index (χ0v) is 10.6. The third-order valence-electron chi connectivity index (χ3n) is 2.83. The van der Waals surface area contributed by atoms with Gasteiger partial charge in [0, 0.05) is 18.5 Å². The van der Waals surface area contributed by atoms with E-state index in [0.717, 1.165) is 17.7 Å². The summed E-state index contributed by atoms with van der Waals surface area (Å²) in [7, 11) is 1.87. The first-order chi connectivity index (χ1) is 7.56. The van der Waals surface area contributed by atoms with E-state index in [-0.39, 0.29) is 5.78 Å². The molecule has 0 unspecified atom stereocenters. The molecule has 16 heavy (non-hydrogen) atoms. The van der Waals surface area contributed by atoms with Gasteiger partial charge in [0.15, 0.2) is 5.78 Å². The zero-order valence-electron chi connectivity index (χ0n) is 10.6. The lowest BCUT2D eigenvalue weighted by molar-refractivity contribution is 0.0982. The van der Waals surface area contributed by atoms with Crippen LogP contribution in [0, 0.1) is 6.92 Å². The van der Waals surface area contributed by atoms with Crippen LogP contribution in [0.1, 0.15) is 47.7 Å². The van der Waals surface area contributed by atoms with Gasteiger partial charge in [0.2, 0.25) is 0 Å². The maximum Gasteiger partial charge on any atom is 0.164 e. The molecular weight excluding hydrogens is 198 g/mol. The largest absolute Gasteiger partial charge is 0.319 e. The predicted molar refractivity (Wildman–Crippen MR) is 68.1 cm³/mol. The summed E-state index contributed by atoms with van der Waals surface area (Å²) >= 11 is 0. The summed E-state index contributed by atoms with van der Waals surface area (Å²) in [5.41, 5.74) is 3.19. The van der Waals surface area contributed by atoms with Crippen molar-refractivity contribution in [3.05, 3.63) is 34.9 Å². The maximum atomic E-state index is 12.0. The molecular formula is C14H21NO. The number of aryl methyl sites for hydroxylation is 1. The van der Waals surface area contributed by atoms with Gasteiger partial charge in [-0.2, -0.15) is 0 Å². The van der Waals surface area contributed by atoms with E-state index in [0.29, 0.717) is 12.3 Å². The fourth-order valence-corrected chi connectivity index (χ4v) is 1.67. The van der Waals surface area contributed by atoms with Crippen LogP contribution in [0.25, 0.3) is 0 Å². The second-order valence-corrected chi connectivity index (χ2v) is 4.51. The number of hydrogen-bond donors (Lipinski definition) is 1. The van der Waals surface area contributed by atoms with Gasteiger partial charge in [0.25, 0.3) is 0 Å². The summed E-state index contributed by atoms with van der Waals surface area (Å²) in [6, 6.07) is 6.19. The van der Waals surface area contributed by atoms with Gasteiger partial charge in [-0.05, 0) is 37.1 Å². The van der Waals surface area contributed by atoms with Crippen molar-refractivity contribution in [1.82, 2.24) is 5.32 Å². The monoisotopic (exact) mass is 219 g/mol. The van der Waals surface area contributed by atoms with E-state index < -0.39 is 0 Å². The van der Waals surface area contributed by atoms with E-state index in [1.54, 1.807) is 0 Å². The zero-order chi connectivity index (χ0) is 12.1. The summed E-state index contributed by atoms with van der Waals surface area (Å²) in [4.78, 5) is 12.0. The predicted octanol–water partition coefficient (Wildman–Crippen LogP) is 2.91. The van der Waals surface area contributed by atoms with Gasteiger partial charge in [-0.1, -0.05) is 26.0 Å². The van der Waals surface area contributed by atoms with E-state index in [4.69, 9.17) is 0 Å². The molecule has 0 heterocycles. The highest BCUT2D eigenvalue weighted by molar-refractivity contribution is 5.97. The molecule has 0 atom stereocenters. The SMILES string of the molecule is CNCCC(=O)c1cc(C(C)C)ccc1C. The number of rotatable bonds is 5. The van der Waals surface area contributed by atoms with Crippen molar-refractivity contribution in [2.45, 2.75) is 33.1 Å².